The molecule has 0 fully saturated rings. The minimum absolute atomic E-state index is 0.129. The van der Waals surface area contributed by atoms with Gasteiger partial charge < -0.3 is 19.8 Å². The predicted molar refractivity (Wildman–Crippen MR) is 88.3 cm³/mol. The Morgan fingerprint density at radius 2 is 1.78 bits per heavy atom. The minimum atomic E-state index is -0.322. The zero-order valence-corrected chi connectivity index (χ0v) is 14.0. The van der Waals surface area contributed by atoms with Crippen LogP contribution < -0.4 is 15.4 Å². The number of ether oxygens (including phenoxy) is 1. The van der Waals surface area contributed by atoms with Gasteiger partial charge in [-0.25, -0.2) is 0 Å². The first-order valence-electron chi connectivity index (χ1n) is 7.13. The van der Waals surface area contributed by atoms with Crippen LogP contribution in [0, 0.1) is 0 Å². The standard InChI is InChI=1S/C16H17BrN2O4/c17-14-7-6-13(23-14)16(21)19-10-9-18-15(20)8-11-22-12-4-2-1-3-5-12/h1-7H,8-11H2,(H,18,20)(H,19,21). The van der Waals surface area contributed by atoms with Gasteiger partial charge in [-0.3, -0.25) is 9.59 Å². The van der Waals surface area contributed by atoms with Crippen molar-refractivity contribution in [2.24, 2.45) is 0 Å². The van der Waals surface area contributed by atoms with Gasteiger partial charge in [-0.2, -0.15) is 0 Å². The van der Waals surface area contributed by atoms with E-state index in [4.69, 9.17) is 9.15 Å². The lowest BCUT2D eigenvalue weighted by molar-refractivity contribution is -0.121. The first kappa shape index (κ1) is 17.1. The smallest absolute Gasteiger partial charge is 0.287 e. The van der Waals surface area contributed by atoms with Crippen molar-refractivity contribution in [1.82, 2.24) is 10.6 Å². The van der Waals surface area contributed by atoms with Crippen molar-refractivity contribution in [3.8, 4) is 5.75 Å². The zero-order valence-electron chi connectivity index (χ0n) is 12.4. The molecule has 0 saturated heterocycles. The quantitative estimate of drug-likeness (QED) is 0.688. The van der Waals surface area contributed by atoms with E-state index >= 15 is 0 Å². The monoisotopic (exact) mass is 380 g/mol. The van der Waals surface area contributed by atoms with E-state index < -0.39 is 0 Å². The molecule has 0 unspecified atom stereocenters. The highest BCUT2D eigenvalue weighted by Gasteiger charge is 2.09. The fraction of sp³-hybridized carbons (Fsp3) is 0.250. The summed E-state index contributed by atoms with van der Waals surface area (Å²) in [5.74, 6) is 0.505. The van der Waals surface area contributed by atoms with Gasteiger partial charge in [0.25, 0.3) is 5.91 Å². The van der Waals surface area contributed by atoms with Crippen LogP contribution in [0.15, 0.2) is 51.6 Å². The van der Waals surface area contributed by atoms with Gasteiger partial charge in [0.15, 0.2) is 10.4 Å². The third kappa shape index (κ3) is 6.15. The van der Waals surface area contributed by atoms with Crippen molar-refractivity contribution in [3.63, 3.8) is 0 Å². The lowest BCUT2D eigenvalue weighted by Gasteiger charge is -2.07. The van der Waals surface area contributed by atoms with Gasteiger partial charge in [0.05, 0.1) is 13.0 Å². The molecule has 2 aromatic rings. The summed E-state index contributed by atoms with van der Waals surface area (Å²) < 4.78 is 11.0. The highest BCUT2D eigenvalue weighted by molar-refractivity contribution is 9.10. The Labute approximate surface area is 142 Å². The van der Waals surface area contributed by atoms with Crippen molar-refractivity contribution >= 4 is 27.7 Å². The molecule has 1 heterocycles. The van der Waals surface area contributed by atoms with Crippen molar-refractivity contribution in [2.75, 3.05) is 19.7 Å². The Balaban J connectivity index is 1.55. The average Bonchev–Trinajstić information content (AvgIpc) is 2.99. The molecular formula is C16H17BrN2O4. The van der Waals surface area contributed by atoms with Gasteiger partial charge in [0, 0.05) is 13.1 Å². The molecule has 0 aliphatic heterocycles. The SMILES string of the molecule is O=C(CCOc1ccccc1)NCCNC(=O)c1ccc(Br)o1. The number of nitrogens with one attached hydrogen (secondary N) is 2. The number of hydrogen-bond donors (Lipinski definition) is 2. The van der Waals surface area contributed by atoms with E-state index in [-0.39, 0.29) is 24.0 Å². The molecule has 0 spiro atoms. The summed E-state index contributed by atoms with van der Waals surface area (Å²) >= 11 is 3.13. The molecule has 2 N–H and O–H groups in total. The third-order valence-electron chi connectivity index (χ3n) is 2.87. The van der Waals surface area contributed by atoms with Gasteiger partial charge >= 0.3 is 0 Å². The molecule has 7 heteroatoms. The third-order valence-corrected chi connectivity index (χ3v) is 3.30. The van der Waals surface area contributed by atoms with E-state index in [1.165, 1.54) is 0 Å². The van der Waals surface area contributed by atoms with Crippen LogP contribution in [0.2, 0.25) is 0 Å². The average molecular weight is 381 g/mol. The normalized spacial score (nSPS) is 10.1. The van der Waals surface area contributed by atoms with E-state index in [1.807, 2.05) is 30.3 Å². The summed E-state index contributed by atoms with van der Waals surface area (Å²) in [6, 6.07) is 12.5. The van der Waals surface area contributed by atoms with Crippen LogP contribution in [0.5, 0.6) is 5.75 Å². The summed E-state index contributed by atoms with van der Waals surface area (Å²) in [6.45, 7) is 0.975. The Morgan fingerprint density at radius 1 is 1.04 bits per heavy atom. The second kappa shape index (κ2) is 8.99. The Kier molecular flexibility index (Phi) is 6.68. The van der Waals surface area contributed by atoms with Gasteiger partial charge in [-0.15, -0.1) is 0 Å². The van der Waals surface area contributed by atoms with Gasteiger partial charge in [0.2, 0.25) is 5.91 Å². The number of rotatable bonds is 8. The second-order valence-corrected chi connectivity index (χ2v) is 5.40. The topological polar surface area (TPSA) is 80.6 Å². The van der Waals surface area contributed by atoms with Gasteiger partial charge in [0.1, 0.15) is 5.75 Å². The Morgan fingerprint density at radius 3 is 2.48 bits per heavy atom. The number of amides is 2. The first-order chi connectivity index (χ1) is 11.1. The highest BCUT2D eigenvalue weighted by atomic mass is 79.9. The van der Waals surface area contributed by atoms with Crippen LogP contribution in [0.1, 0.15) is 17.0 Å². The number of carbonyl (C=O) groups excluding carboxylic acids is 2. The zero-order chi connectivity index (χ0) is 16.5. The fourth-order valence-electron chi connectivity index (χ4n) is 1.77. The van der Waals surface area contributed by atoms with Gasteiger partial charge in [-0.05, 0) is 40.2 Å². The molecule has 1 aromatic heterocycles. The van der Waals surface area contributed by atoms with Crippen molar-refractivity contribution in [1.29, 1.82) is 0 Å². The number of halogens is 1. The number of carbonyl (C=O) groups is 2. The molecule has 0 radical (unpaired) electrons. The summed E-state index contributed by atoms with van der Waals surface area (Å²) in [6.07, 6.45) is 0.258. The maximum Gasteiger partial charge on any atom is 0.287 e. The molecular weight excluding hydrogens is 364 g/mol. The summed E-state index contributed by atoms with van der Waals surface area (Å²) in [7, 11) is 0. The predicted octanol–water partition coefficient (Wildman–Crippen LogP) is 2.36. The van der Waals surface area contributed by atoms with Gasteiger partial charge in [-0.1, -0.05) is 18.2 Å². The van der Waals surface area contributed by atoms with E-state index in [2.05, 4.69) is 26.6 Å². The summed E-state index contributed by atoms with van der Waals surface area (Å²) in [5.41, 5.74) is 0. The number of benzene rings is 1. The Hall–Kier alpha value is -2.28. The minimum Gasteiger partial charge on any atom is -0.493 e. The molecule has 0 aliphatic rings. The van der Waals surface area contributed by atoms with Crippen LogP contribution in [0.3, 0.4) is 0 Å². The summed E-state index contributed by atoms with van der Waals surface area (Å²) in [5, 5.41) is 5.36. The lowest BCUT2D eigenvalue weighted by atomic mass is 10.3. The molecule has 6 nitrogen and oxygen atoms in total. The molecule has 1 aromatic carbocycles. The van der Waals surface area contributed by atoms with E-state index in [1.54, 1.807) is 12.1 Å². The second-order valence-electron chi connectivity index (χ2n) is 4.62. The number of para-hydroxylation sites is 1. The van der Waals surface area contributed by atoms with Crippen LogP contribution in [-0.2, 0) is 4.79 Å². The van der Waals surface area contributed by atoms with Crippen LogP contribution in [0.25, 0.3) is 0 Å². The molecule has 2 rings (SSSR count). The Bertz CT molecular complexity index is 643. The van der Waals surface area contributed by atoms with Crippen molar-refractivity contribution in [2.45, 2.75) is 6.42 Å². The molecule has 0 atom stereocenters. The van der Waals surface area contributed by atoms with Crippen LogP contribution in [-0.4, -0.2) is 31.5 Å². The maximum atomic E-state index is 11.7. The largest absolute Gasteiger partial charge is 0.493 e. The number of furan rings is 1. The lowest BCUT2D eigenvalue weighted by Crippen LogP contribution is -2.35. The molecule has 0 aliphatic carbocycles. The molecule has 2 amide bonds. The van der Waals surface area contributed by atoms with Crippen LogP contribution >= 0.6 is 15.9 Å². The van der Waals surface area contributed by atoms with Crippen molar-refractivity contribution < 1.29 is 18.7 Å². The van der Waals surface area contributed by atoms with E-state index in [0.717, 1.165) is 5.75 Å². The number of hydrogen-bond acceptors (Lipinski definition) is 4. The van der Waals surface area contributed by atoms with Crippen molar-refractivity contribution in [3.05, 3.63) is 52.9 Å². The molecule has 0 saturated carbocycles. The maximum absolute atomic E-state index is 11.7. The van der Waals surface area contributed by atoms with E-state index in [0.29, 0.717) is 24.4 Å². The molecule has 23 heavy (non-hydrogen) atoms. The summed E-state index contributed by atoms with van der Waals surface area (Å²) in [4.78, 5) is 23.3. The van der Waals surface area contributed by atoms with E-state index in [9.17, 15) is 9.59 Å². The molecule has 122 valence electrons. The molecule has 0 bridgehead atoms. The van der Waals surface area contributed by atoms with Crippen LogP contribution in [0.4, 0.5) is 0 Å². The fourth-order valence-corrected chi connectivity index (χ4v) is 2.07. The first-order valence-corrected chi connectivity index (χ1v) is 7.92. The highest BCUT2D eigenvalue weighted by Crippen LogP contribution is 2.13.